The molecule has 2 aliphatic rings. The molecule has 128 valence electrons. The van der Waals surface area contributed by atoms with Gasteiger partial charge in [0.25, 0.3) is 0 Å². The van der Waals surface area contributed by atoms with Crippen LogP contribution in [0.2, 0.25) is 0 Å². The van der Waals surface area contributed by atoms with E-state index in [9.17, 15) is 12.8 Å². The number of hydrogen-bond donors (Lipinski definition) is 1. The lowest BCUT2D eigenvalue weighted by Crippen LogP contribution is -2.28. The van der Waals surface area contributed by atoms with Crippen molar-refractivity contribution in [1.82, 2.24) is 14.5 Å². The maximum Gasteiger partial charge on any atom is 0.240 e. The molecule has 1 N–H and O–H groups in total. The molecule has 2 fully saturated rings. The number of rotatable bonds is 7. The van der Waals surface area contributed by atoms with Crippen molar-refractivity contribution in [3.05, 3.63) is 47.5 Å². The van der Waals surface area contributed by atoms with Crippen molar-refractivity contribution in [3.63, 3.8) is 0 Å². The summed E-state index contributed by atoms with van der Waals surface area (Å²) in [5.41, 5.74) is 2.39. The van der Waals surface area contributed by atoms with E-state index in [1.54, 1.807) is 0 Å². The molecule has 1 aromatic carbocycles. The van der Waals surface area contributed by atoms with Crippen LogP contribution in [0, 0.1) is 5.82 Å². The molecule has 0 aliphatic heterocycles. The van der Waals surface area contributed by atoms with Crippen LogP contribution in [0.3, 0.4) is 0 Å². The van der Waals surface area contributed by atoms with Gasteiger partial charge in [-0.15, -0.1) is 0 Å². The highest BCUT2D eigenvalue weighted by Gasteiger charge is 2.32. The zero-order valence-corrected chi connectivity index (χ0v) is 14.1. The third-order valence-corrected chi connectivity index (χ3v) is 6.04. The van der Waals surface area contributed by atoms with Gasteiger partial charge < -0.3 is 0 Å². The molecular formula is C17H20FN3O2S. The summed E-state index contributed by atoms with van der Waals surface area (Å²) in [4.78, 5) is 0.0745. The van der Waals surface area contributed by atoms with Crippen LogP contribution >= 0.6 is 0 Å². The third kappa shape index (κ3) is 3.37. The lowest BCUT2D eigenvalue weighted by atomic mass is 10.2. The lowest BCUT2D eigenvalue weighted by molar-refractivity contribution is 0.548. The minimum Gasteiger partial charge on any atom is -0.268 e. The highest BCUT2D eigenvalue weighted by atomic mass is 32.2. The van der Waals surface area contributed by atoms with Gasteiger partial charge in [0.05, 0.1) is 17.1 Å². The van der Waals surface area contributed by atoms with Gasteiger partial charge in [-0.2, -0.15) is 5.10 Å². The molecule has 0 atom stereocenters. The second kappa shape index (κ2) is 5.97. The molecule has 4 rings (SSSR count). The second-order valence-electron chi connectivity index (χ2n) is 6.62. The molecule has 24 heavy (non-hydrogen) atoms. The monoisotopic (exact) mass is 349 g/mol. The average molecular weight is 349 g/mol. The first-order chi connectivity index (χ1) is 11.5. The highest BCUT2D eigenvalue weighted by molar-refractivity contribution is 7.89. The molecule has 0 amide bonds. The fourth-order valence-corrected chi connectivity index (χ4v) is 3.92. The van der Waals surface area contributed by atoms with Crippen LogP contribution in [0.4, 0.5) is 4.39 Å². The predicted molar refractivity (Wildman–Crippen MR) is 87.8 cm³/mol. The first-order valence-corrected chi connectivity index (χ1v) is 9.84. The summed E-state index contributed by atoms with van der Waals surface area (Å²) in [6, 6.07) is 7.03. The van der Waals surface area contributed by atoms with Gasteiger partial charge in [0.2, 0.25) is 10.0 Å². The van der Waals surface area contributed by atoms with Gasteiger partial charge in [-0.05, 0) is 56.0 Å². The molecule has 1 heterocycles. The normalized spacial score (nSPS) is 18.0. The number of nitrogens with zero attached hydrogens (tertiary/aromatic N) is 2. The number of aromatic nitrogens is 2. The fourth-order valence-electron chi connectivity index (χ4n) is 2.90. The van der Waals surface area contributed by atoms with Crippen LogP contribution in [0.25, 0.3) is 0 Å². The molecular weight excluding hydrogens is 329 g/mol. The van der Waals surface area contributed by atoms with E-state index in [4.69, 9.17) is 0 Å². The summed E-state index contributed by atoms with van der Waals surface area (Å²) in [7, 11) is -3.62. The Morgan fingerprint density at radius 3 is 2.42 bits per heavy atom. The van der Waals surface area contributed by atoms with E-state index in [1.807, 2.05) is 4.68 Å². The maximum absolute atomic E-state index is 12.9. The lowest BCUT2D eigenvalue weighted by Gasteiger charge is -2.09. The predicted octanol–water partition coefficient (Wildman–Crippen LogP) is 2.76. The van der Waals surface area contributed by atoms with E-state index in [0.717, 1.165) is 17.8 Å². The van der Waals surface area contributed by atoms with Crippen LogP contribution in [-0.4, -0.2) is 24.7 Å². The number of benzene rings is 1. The van der Waals surface area contributed by atoms with Crippen molar-refractivity contribution in [2.24, 2.45) is 0 Å². The molecule has 2 saturated carbocycles. The molecule has 0 saturated heterocycles. The van der Waals surface area contributed by atoms with Crippen molar-refractivity contribution in [2.75, 3.05) is 6.54 Å². The summed E-state index contributed by atoms with van der Waals surface area (Å²) in [5, 5.41) is 4.67. The Labute approximate surface area is 140 Å². The Morgan fingerprint density at radius 1 is 1.12 bits per heavy atom. The van der Waals surface area contributed by atoms with E-state index in [0.29, 0.717) is 18.4 Å². The van der Waals surface area contributed by atoms with Crippen molar-refractivity contribution in [1.29, 1.82) is 0 Å². The third-order valence-electron chi connectivity index (χ3n) is 4.56. The van der Waals surface area contributed by atoms with Crippen LogP contribution in [-0.2, 0) is 16.6 Å². The zero-order valence-electron chi connectivity index (χ0n) is 13.3. The zero-order chi connectivity index (χ0) is 16.7. The van der Waals surface area contributed by atoms with Gasteiger partial charge >= 0.3 is 0 Å². The molecule has 0 unspecified atom stereocenters. The minimum absolute atomic E-state index is 0.0745. The highest BCUT2D eigenvalue weighted by Crippen LogP contribution is 2.44. The van der Waals surface area contributed by atoms with Crippen LogP contribution in [0.5, 0.6) is 0 Å². The molecule has 0 radical (unpaired) electrons. The molecule has 7 heteroatoms. The number of nitrogens with one attached hydrogen (secondary N) is 1. The van der Waals surface area contributed by atoms with Crippen LogP contribution < -0.4 is 4.72 Å². The van der Waals surface area contributed by atoms with E-state index in [2.05, 4.69) is 15.9 Å². The molecule has 2 aliphatic carbocycles. The first-order valence-electron chi connectivity index (χ1n) is 8.36. The Bertz CT molecular complexity index is 837. The van der Waals surface area contributed by atoms with Gasteiger partial charge in [0.15, 0.2) is 0 Å². The Balaban J connectivity index is 1.42. The number of hydrogen-bond acceptors (Lipinski definition) is 3. The smallest absolute Gasteiger partial charge is 0.240 e. The Hall–Kier alpha value is -1.73. The van der Waals surface area contributed by atoms with Crippen molar-refractivity contribution >= 4 is 10.0 Å². The first kappa shape index (κ1) is 15.8. The van der Waals surface area contributed by atoms with E-state index < -0.39 is 15.8 Å². The SMILES string of the molecule is O=S(=O)(NCCn1nc(C2CC2)cc1C1CC1)c1ccc(F)cc1. The second-order valence-corrected chi connectivity index (χ2v) is 8.38. The standard InChI is InChI=1S/C17H20FN3O2S/c18-14-5-7-15(8-6-14)24(22,23)19-9-10-21-17(13-3-4-13)11-16(20-21)12-1-2-12/h5-8,11-13,19H,1-4,9-10H2. The molecule has 0 spiro atoms. The number of sulfonamides is 1. The molecule has 0 bridgehead atoms. The topological polar surface area (TPSA) is 64.0 Å². The summed E-state index contributed by atoms with van der Waals surface area (Å²) in [6.45, 7) is 0.782. The molecule has 1 aromatic heterocycles. The van der Waals surface area contributed by atoms with Gasteiger partial charge in [-0.1, -0.05) is 0 Å². The van der Waals surface area contributed by atoms with E-state index in [1.165, 1.54) is 43.5 Å². The molecule has 5 nitrogen and oxygen atoms in total. The fraction of sp³-hybridized carbons (Fsp3) is 0.471. The maximum atomic E-state index is 12.9. The summed E-state index contributed by atoms with van der Waals surface area (Å²) < 4.78 is 41.9. The summed E-state index contributed by atoms with van der Waals surface area (Å²) in [6.07, 6.45) is 4.80. The van der Waals surface area contributed by atoms with Crippen LogP contribution in [0.15, 0.2) is 35.2 Å². The Morgan fingerprint density at radius 2 is 1.79 bits per heavy atom. The van der Waals surface area contributed by atoms with E-state index in [-0.39, 0.29) is 11.4 Å². The van der Waals surface area contributed by atoms with Crippen molar-refractivity contribution in [3.8, 4) is 0 Å². The van der Waals surface area contributed by atoms with Crippen molar-refractivity contribution in [2.45, 2.75) is 49.0 Å². The van der Waals surface area contributed by atoms with E-state index >= 15 is 0 Å². The summed E-state index contributed by atoms with van der Waals surface area (Å²) >= 11 is 0. The average Bonchev–Trinajstić information content (AvgIpc) is 3.46. The number of halogens is 1. The Kier molecular flexibility index (Phi) is 3.92. The minimum atomic E-state index is -3.62. The van der Waals surface area contributed by atoms with Gasteiger partial charge in [-0.3, -0.25) is 4.68 Å². The van der Waals surface area contributed by atoms with Gasteiger partial charge in [0.1, 0.15) is 5.82 Å². The van der Waals surface area contributed by atoms with Gasteiger partial charge in [0, 0.05) is 24.1 Å². The quantitative estimate of drug-likeness (QED) is 0.836. The molecule has 2 aromatic rings. The van der Waals surface area contributed by atoms with Crippen LogP contribution in [0.1, 0.15) is 48.9 Å². The largest absolute Gasteiger partial charge is 0.268 e. The summed E-state index contributed by atoms with van der Waals surface area (Å²) in [5.74, 6) is 0.727. The van der Waals surface area contributed by atoms with Gasteiger partial charge in [-0.25, -0.2) is 17.5 Å². The van der Waals surface area contributed by atoms with Crippen molar-refractivity contribution < 1.29 is 12.8 Å².